The Bertz CT molecular complexity index is 769. The predicted molar refractivity (Wildman–Crippen MR) is 94.0 cm³/mol. The van der Waals surface area contributed by atoms with Gasteiger partial charge in [-0.3, -0.25) is 4.79 Å². The molecule has 1 amide bonds. The van der Waals surface area contributed by atoms with Gasteiger partial charge in [-0.2, -0.15) is 0 Å². The highest BCUT2D eigenvalue weighted by Crippen LogP contribution is 2.33. The first-order valence-electron chi connectivity index (χ1n) is 7.22. The highest BCUT2D eigenvalue weighted by molar-refractivity contribution is 7.99. The smallest absolute Gasteiger partial charge is 0.341 e. The minimum Gasteiger partial charge on any atom is -0.462 e. The number of aryl methyl sites for hydroxylation is 2. The van der Waals surface area contributed by atoms with E-state index in [1.54, 1.807) is 13.8 Å². The number of hydrogen-bond donors (Lipinski definition) is 2. The average molecular weight is 369 g/mol. The molecule has 0 saturated heterocycles. The van der Waals surface area contributed by atoms with E-state index in [4.69, 9.17) is 10.6 Å². The third kappa shape index (κ3) is 3.88. The van der Waals surface area contributed by atoms with Crippen LogP contribution in [0.2, 0.25) is 0 Å². The number of nitrogens with two attached hydrogens (primary N) is 1. The Labute approximate surface area is 147 Å². The number of nitrogens with one attached hydrogen (secondary N) is 1. The molecule has 10 heteroatoms. The van der Waals surface area contributed by atoms with Crippen molar-refractivity contribution in [3.05, 3.63) is 21.8 Å². The van der Waals surface area contributed by atoms with Crippen molar-refractivity contribution in [3.63, 3.8) is 0 Å². The highest BCUT2D eigenvalue weighted by atomic mass is 32.2. The van der Waals surface area contributed by atoms with Gasteiger partial charge in [0.25, 0.3) is 0 Å². The summed E-state index contributed by atoms with van der Waals surface area (Å²) in [5, 5.41) is 11.4. The van der Waals surface area contributed by atoms with Crippen LogP contribution in [0.3, 0.4) is 0 Å². The van der Waals surface area contributed by atoms with Crippen LogP contribution in [-0.4, -0.2) is 39.1 Å². The predicted octanol–water partition coefficient (Wildman–Crippen LogP) is 1.89. The van der Waals surface area contributed by atoms with Crippen molar-refractivity contribution < 1.29 is 14.3 Å². The third-order valence-electron chi connectivity index (χ3n) is 3.29. The molecule has 0 aliphatic rings. The maximum atomic E-state index is 12.2. The van der Waals surface area contributed by atoms with Crippen LogP contribution in [0.1, 0.15) is 33.5 Å². The number of thiophene rings is 1. The Kier molecular flexibility index (Phi) is 5.84. The summed E-state index contributed by atoms with van der Waals surface area (Å²) in [4.78, 5) is 25.2. The number of nitrogens with zero attached hydrogens (tertiary/aromatic N) is 3. The molecule has 0 spiro atoms. The van der Waals surface area contributed by atoms with Crippen molar-refractivity contribution in [3.8, 4) is 0 Å². The fraction of sp³-hybridized carbons (Fsp3) is 0.429. The highest BCUT2D eigenvalue weighted by Gasteiger charge is 2.22. The van der Waals surface area contributed by atoms with E-state index in [0.29, 0.717) is 21.5 Å². The van der Waals surface area contributed by atoms with Gasteiger partial charge in [0.1, 0.15) is 10.8 Å². The van der Waals surface area contributed by atoms with E-state index in [1.165, 1.54) is 27.8 Å². The zero-order valence-electron chi connectivity index (χ0n) is 13.9. The Morgan fingerprint density at radius 3 is 2.62 bits per heavy atom. The summed E-state index contributed by atoms with van der Waals surface area (Å²) in [5.41, 5.74) is 1.23. The quantitative estimate of drug-likeness (QED) is 0.454. The number of amides is 1. The summed E-state index contributed by atoms with van der Waals surface area (Å²) in [6, 6.07) is 0. The number of carbonyl (C=O) groups excluding carboxylic acids is 2. The first kappa shape index (κ1) is 18.3. The van der Waals surface area contributed by atoms with Crippen molar-refractivity contribution in [2.45, 2.75) is 32.9 Å². The lowest BCUT2D eigenvalue weighted by molar-refractivity contribution is -0.113. The molecule has 3 N–H and O–H groups in total. The van der Waals surface area contributed by atoms with Gasteiger partial charge in [-0.05, 0) is 33.3 Å². The van der Waals surface area contributed by atoms with Crippen LogP contribution < -0.4 is 11.2 Å². The SMILES string of the molecule is CCOC(=O)c1c(NC(=O)CSc2nnc(C)n2N)sc(C)c1C. The zero-order chi connectivity index (χ0) is 17.9. The largest absolute Gasteiger partial charge is 0.462 e. The minimum atomic E-state index is -0.431. The molecule has 130 valence electrons. The van der Waals surface area contributed by atoms with Gasteiger partial charge in [0.15, 0.2) is 0 Å². The Morgan fingerprint density at radius 1 is 1.33 bits per heavy atom. The van der Waals surface area contributed by atoms with Crippen LogP contribution in [0.15, 0.2) is 5.16 Å². The number of anilines is 1. The van der Waals surface area contributed by atoms with E-state index in [-0.39, 0.29) is 18.3 Å². The zero-order valence-corrected chi connectivity index (χ0v) is 15.5. The van der Waals surface area contributed by atoms with E-state index in [0.717, 1.165) is 10.4 Å². The number of aromatic nitrogens is 3. The second-order valence-electron chi connectivity index (χ2n) is 4.94. The second kappa shape index (κ2) is 7.67. The molecule has 0 fully saturated rings. The normalized spacial score (nSPS) is 10.7. The van der Waals surface area contributed by atoms with Gasteiger partial charge >= 0.3 is 5.97 Å². The number of carbonyl (C=O) groups is 2. The fourth-order valence-electron chi connectivity index (χ4n) is 1.91. The van der Waals surface area contributed by atoms with Gasteiger partial charge in [-0.1, -0.05) is 11.8 Å². The number of ether oxygens (including phenoxy) is 1. The summed E-state index contributed by atoms with van der Waals surface area (Å²) < 4.78 is 6.39. The molecule has 0 unspecified atom stereocenters. The molecular formula is C14H19N5O3S2. The van der Waals surface area contributed by atoms with Crippen LogP contribution in [0.5, 0.6) is 0 Å². The molecule has 2 heterocycles. The number of esters is 1. The molecule has 0 saturated carbocycles. The molecule has 2 aromatic heterocycles. The maximum Gasteiger partial charge on any atom is 0.341 e. The first-order chi connectivity index (χ1) is 11.3. The summed E-state index contributed by atoms with van der Waals surface area (Å²) in [5.74, 6) is 5.72. The number of hydrogen-bond acceptors (Lipinski definition) is 8. The molecular weight excluding hydrogens is 350 g/mol. The molecule has 0 radical (unpaired) electrons. The molecule has 2 aromatic rings. The van der Waals surface area contributed by atoms with E-state index >= 15 is 0 Å². The van der Waals surface area contributed by atoms with Crippen molar-refractivity contribution in [2.24, 2.45) is 0 Å². The first-order valence-corrected chi connectivity index (χ1v) is 9.02. The molecule has 0 aromatic carbocycles. The minimum absolute atomic E-state index is 0.105. The molecule has 0 atom stereocenters. The summed E-state index contributed by atoms with van der Waals surface area (Å²) >= 11 is 2.52. The Balaban J connectivity index is 2.07. The number of nitrogen functional groups attached to an aromatic ring is 1. The summed E-state index contributed by atoms with van der Waals surface area (Å²) in [6.07, 6.45) is 0. The van der Waals surface area contributed by atoms with Crippen molar-refractivity contribution in [1.82, 2.24) is 14.9 Å². The van der Waals surface area contributed by atoms with Crippen molar-refractivity contribution in [2.75, 3.05) is 23.5 Å². The van der Waals surface area contributed by atoms with Gasteiger partial charge in [0, 0.05) is 4.88 Å². The summed E-state index contributed by atoms with van der Waals surface area (Å²) in [6.45, 7) is 7.48. The van der Waals surface area contributed by atoms with Crippen LogP contribution in [-0.2, 0) is 9.53 Å². The van der Waals surface area contributed by atoms with E-state index in [2.05, 4.69) is 15.5 Å². The molecule has 8 nitrogen and oxygen atoms in total. The van der Waals surface area contributed by atoms with Crippen LogP contribution in [0.25, 0.3) is 0 Å². The lowest BCUT2D eigenvalue weighted by Gasteiger charge is -2.07. The van der Waals surface area contributed by atoms with E-state index in [9.17, 15) is 9.59 Å². The molecule has 2 rings (SSSR count). The summed E-state index contributed by atoms with van der Waals surface area (Å²) in [7, 11) is 0. The van der Waals surface area contributed by atoms with Crippen LogP contribution in [0.4, 0.5) is 5.00 Å². The lowest BCUT2D eigenvalue weighted by Crippen LogP contribution is -2.18. The van der Waals surface area contributed by atoms with Gasteiger partial charge < -0.3 is 15.9 Å². The third-order valence-corrected chi connectivity index (χ3v) is 5.35. The van der Waals surface area contributed by atoms with Gasteiger partial charge in [0.05, 0.1) is 17.9 Å². The van der Waals surface area contributed by atoms with Crippen molar-refractivity contribution >= 4 is 40.0 Å². The van der Waals surface area contributed by atoms with Gasteiger partial charge in [-0.25, -0.2) is 9.47 Å². The van der Waals surface area contributed by atoms with E-state index in [1.807, 2.05) is 13.8 Å². The maximum absolute atomic E-state index is 12.2. The topological polar surface area (TPSA) is 112 Å². The second-order valence-corrected chi connectivity index (χ2v) is 7.11. The molecule has 0 bridgehead atoms. The van der Waals surface area contributed by atoms with Crippen LogP contribution >= 0.6 is 23.1 Å². The Morgan fingerprint density at radius 2 is 2.04 bits per heavy atom. The van der Waals surface area contributed by atoms with Gasteiger partial charge in [0.2, 0.25) is 11.1 Å². The standard InChI is InChI=1S/C14H19N5O3S2/c1-5-22-13(21)11-7(2)8(3)24-12(11)16-10(20)6-23-14-18-17-9(4)19(14)15/h5-6,15H2,1-4H3,(H,16,20). The number of rotatable bonds is 6. The van der Waals surface area contributed by atoms with Crippen LogP contribution in [0, 0.1) is 20.8 Å². The molecule has 24 heavy (non-hydrogen) atoms. The average Bonchev–Trinajstić information content (AvgIpc) is 2.98. The fourth-order valence-corrected chi connectivity index (χ4v) is 3.67. The lowest BCUT2D eigenvalue weighted by atomic mass is 10.1. The Hall–Kier alpha value is -2.07. The molecule has 0 aliphatic heterocycles. The van der Waals surface area contributed by atoms with Crippen molar-refractivity contribution in [1.29, 1.82) is 0 Å². The monoisotopic (exact) mass is 369 g/mol. The van der Waals surface area contributed by atoms with Gasteiger partial charge in [-0.15, -0.1) is 21.5 Å². The molecule has 0 aliphatic carbocycles. The number of thioether (sulfide) groups is 1. The van der Waals surface area contributed by atoms with E-state index < -0.39 is 5.97 Å².